The Morgan fingerprint density at radius 2 is 2.00 bits per heavy atom. The van der Waals surface area contributed by atoms with Gasteiger partial charge in [0.1, 0.15) is 0 Å². The maximum Gasteiger partial charge on any atom is 0.312 e. The van der Waals surface area contributed by atoms with E-state index in [0.717, 1.165) is 24.8 Å². The van der Waals surface area contributed by atoms with Crippen molar-refractivity contribution < 1.29 is 14.7 Å². The van der Waals surface area contributed by atoms with Crippen molar-refractivity contribution in [3.63, 3.8) is 0 Å². The van der Waals surface area contributed by atoms with Crippen LogP contribution < -0.4 is 5.32 Å². The van der Waals surface area contributed by atoms with Gasteiger partial charge in [0.05, 0.1) is 0 Å². The van der Waals surface area contributed by atoms with Crippen LogP contribution in [0.4, 0.5) is 0 Å². The van der Waals surface area contributed by atoms with E-state index in [9.17, 15) is 9.59 Å². The summed E-state index contributed by atoms with van der Waals surface area (Å²) in [6.07, 6.45) is 4.08. The van der Waals surface area contributed by atoms with Crippen LogP contribution in [0, 0.1) is 0 Å². The average molecular weight is 304 g/mol. The molecule has 0 spiro atoms. The average Bonchev–Trinajstić information content (AvgIpc) is 2.56. The number of hydrogen-bond acceptors (Lipinski definition) is 3. The smallest absolute Gasteiger partial charge is 0.312 e. The van der Waals surface area contributed by atoms with Crippen LogP contribution >= 0.6 is 0 Å². The first-order chi connectivity index (χ1) is 10.7. The Balaban J connectivity index is 1.81. The number of aliphatic hydroxyl groups is 1. The standard InChI is InChI=1S/C17H24N2O3/c20-13-10-15-8-4-5-12-19(15)17(22)16(21)18-11-9-14-6-2-1-3-7-14/h1-3,6-7,15,20H,4-5,8-13H2,(H,18,21). The SMILES string of the molecule is O=C(NCCc1ccccc1)C(=O)N1CCCCC1CCO. The third kappa shape index (κ3) is 4.56. The molecule has 5 heteroatoms. The van der Waals surface area contributed by atoms with Gasteiger partial charge in [-0.05, 0) is 37.7 Å². The van der Waals surface area contributed by atoms with Gasteiger partial charge in [-0.25, -0.2) is 0 Å². The van der Waals surface area contributed by atoms with E-state index in [1.807, 2.05) is 30.3 Å². The fourth-order valence-corrected chi connectivity index (χ4v) is 2.89. The number of piperidine rings is 1. The molecule has 2 rings (SSSR count). The molecular weight excluding hydrogens is 280 g/mol. The van der Waals surface area contributed by atoms with E-state index in [2.05, 4.69) is 5.32 Å². The van der Waals surface area contributed by atoms with E-state index in [-0.39, 0.29) is 12.6 Å². The molecule has 1 saturated heterocycles. The van der Waals surface area contributed by atoms with Gasteiger partial charge < -0.3 is 15.3 Å². The van der Waals surface area contributed by atoms with Gasteiger partial charge in [-0.2, -0.15) is 0 Å². The van der Waals surface area contributed by atoms with E-state index in [1.165, 1.54) is 0 Å². The summed E-state index contributed by atoms with van der Waals surface area (Å²) in [6.45, 7) is 1.10. The van der Waals surface area contributed by atoms with Crippen LogP contribution in [-0.2, 0) is 16.0 Å². The molecule has 1 aromatic rings. The highest BCUT2D eigenvalue weighted by atomic mass is 16.3. The minimum atomic E-state index is -0.541. The van der Waals surface area contributed by atoms with Crippen molar-refractivity contribution in [3.8, 4) is 0 Å². The van der Waals surface area contributed by atoms with Gasteiger partial charge in [0, 0.05) is 25.7 Å². The lowest BCUT2D eigenvalue weighted by Crippen LogP contribution is -2.50. The van der Waals surface area contributed by atoms with E-state index in [0.29, 0.717) is 25.9 Å². The molecule has 2 amide bonds. The van der Waals surface area contributed by atoms with Crippen LogP contribution in [0.1, 0.15) is 31.2 Å². The quantitative estimate of drug-likeness (QED) is 0.801. The van der Waals surface area contributed by atoms with Gasteiger partial charge in [0.2, 0.25) is 0 Å². The van der Waals surface area contributed by atoms with Crippen molar-refractivity contribution in [2.45, 2.75) is 38.1 Å². The first-order valence-electron chi connectivity index (χ1n) is 7.96. The first kappa shape index (κ1) is 16.5. The fourth-order valence-electron chi connectivity index (χ4n) is 2.89. The van der Waals surface area contributed by atoms with Crippen LogP contribution in [0.15, 0.2) is 30.3 Å². The van der Waals surface area contributed by atoms with E-state index >= 15 is 0 Å². The maximum absolute atomic E-state index is 12.3. The van der Waals surface area contributed by atoms with Crippen molar-refractivity contribution in [1.29, 1.82) is 0 Å². The minimum absolute atomic E-state index is 0.00822. The number of rotatable bonds is 5. The molecule has 120 valence electrons. The summed E-state index contributed by atoms with van der Waals surface area (Å²) in [5.74, 6) is -1.01. The summed E-state index contributed by atoms with van der Waals surface area (Å²) in [6, 6.07) is 9.84. The Hall–Kier alpha value is -1.88. The van der Waals surface area contributed by atoms with E-state index < -0.39 is 11.8 Å². The third-order valence-electron chi connectivity index (χ3n) is 4.09. The molecular formula is C17H24N2O3. The van der Waals surface area contributed by atoms with Gasteiger partial charge >= 0.3 is 11.8 Å². The molecule has 0 aromatic heterocycles. The molecule has 0 saturated carbocycles. The second kappa shape index (κ2) is 8.54. The number of hydrogen-bond donors (Lipinski definition) is 2. The van der Waals surface area contributed by atoms with Crippen LogP contribution in [0.5, 0.6) is 0 Å². The molecule has 5 nitrogen and oxygen atoms in total. The number of amides is 2. The Kier molecular flexibility index (Phi) is 6.40. The summed E-state index contributed by atoms with van der Waals surface area (Å²) in [5.41, 5.74) is 1.13. The molecule has 22 heavy (non-hydrogen) atoms. The zero-order chi connectivity index (χ0) is 15.8. The molecule has 1 aliphatic rings. The fraction of sp³-hybridized carbons (Fsp3) is 0.529. The lowest BCUT2D eigenvalue weighted by Gasteiger charge is -2.35. The number of nitrogens with zero attached hydrogens (tertiary/aromatic N) is 1. The number of likely N-dealkylation sites (tertiary alicyclic amines) is 1. The Morgan fingerprint density at radius 1 is 1.23 bits per heavy atom. The molecule has 1 fully saturated rings. The monoisotopic (exact) mass is 304 g/mol. The molecule has 1 unspecified atom stereocenters. The molecule has 0 bridgehead atoms. The van der Waals surface area contributed by atoms with Gasteiger partial charge in [0.25, 0.3) is 0 Å². The highest BCUT2D eigenvalue weighted by Crippen LogP contribution is 2.19. The number of nitrogens with one attached hydrogen (secondary N) is 1. The lowest BCUT2D eigenvalue weighted by atomic mass is 9.99. The van der Waals surface area contributed by atoms with E-state index in [4.69, 9.17) is 5.11 Å². The molecule has 0 radical (unpaired) electrons. The third-order valence-corrected chi connectivity index (χ3v) is 4.09. The highest BCUT2D eigenvalue weighted by Gasteiger charge is 2.30. The van der Waals surface area contributed by atoms with Gasteiger partial charge in [-0.15, -0.1) is 0 Å². The predicted molar refractivity (Wildman–Crippen MR) is 84.2 cm³/mol. The normalized spacial score (nSPS) is 18.0. The second-order valence-electron chi connectivity index (χ2n) is 5.65. The zero-order valence-corrected chi connectivity index (χ0v) is 12.8. The maximum atomic E-state index is 12.3. The first-order valence-corrected chi connectivity index (χ1v) is 7.96. The van der Waals surface area contributed by atoms with Crippen molar-refractivity contribution in [1.82, 2.24) is 10.2 Å². The van der Waals surface area contributed by atoms with Gasteiger partial charge in [-0.3, -0.25) is 9.59 Å². The van der Waals surface area contributed by atoms with Gasteiger partial charge in [0.15, 0.2) is 0 Å². The summed E-state index contributed by atoms with van der Waals surface area (Å²) in [4.78, 5) is 25.9. The number of carbonyl (C=O) groups excluding carboxylic acids is 2. The van der Waals surface area contributed by atoms with Crippen molar-refractivity contribution in [3.05, 3.63) is 35.9 Å². The van der Waals surface area contributed by atoms with Crippen molar-refractivity contribution in [2.24, 2.45) is 0 Å². The Bertz CT molecular complexity index is 488. The molecule has 1 atom stereocenters. The largest absolute Gasteiger partial charge is 0.396 e. The number of aliphatic hydroxyl groups excluding tert-OH is 1. The lowest BCUT2D eigenvalue weighted by molar-refractivity contribution is -0.148. The Labute approximate surface area is 131 Å². The number of benzene rings is 1. The Morgan fingerprint density at radius 3 is 2.73 bits per heavy atom. The van der Waals surface area contributed by atoms with Crippen LogP contribution in [0.3, 0.4) is 0 Å². The molecule has 1 aromatic carbocycles. The summed E-state index contributed by atoms with van der Waals surface area (Å²) in [7, 11) is 0. The summed E-state index contributed by atoms with van der Waals surface area (Å²) in [5, 5.41) is 11.8. The summed E-state index contributed by atoms with van der Waals surface area (Å²) >= 11 is 0. The van der Waals surface area contributed by atoms with Gasteiger partial charge in [-0.1, -0.05) is 30.3 Å². The van der Waals surface area contributed by atoms with Crippen molar-refractivity contribution >= 4 is 11.8 Å². The van der Waals surface area contributed by atoms with Crippen LogP contribution in [0.2, 0.25) is 0 Å². The second-order valence-corrected chi connectivity index (χ2v) is 5.65. The van der Waals surface area contributed by atoms with Crippen LogP contribution in [-0.4, -0.2) is 47.6 Å². The molecule has 0 aliphatic carbocycles. The molecule has 2 N–H and O–H groups in total. The van der Waals surface area contributed by atoms with Crippen molar-refractivity contribution in [2.75, 3.05) is 19.7 Å². The predicted octanol–water partition coefficient (Wildman–Crippen LogP) is 1.11. The topological polar surface area (TPSA) is 69.6 Å². The number of carbonyl (C=O) groups is 2. The molecule has 1 heterocycles. The minimum Gasteiger partial charge on any atom is -0.396 e. The highest BCUT2D eigenvalue weighted by molar-refractivity contribution is 6.35. The van der Waals surface area contributed by atoms with Crippen LogP contribution in [0.25, 0.3) is 0 Å². The molecule has 1 aliphatic heterocycles. The van der Waals surface area contributed by atoms with E-state index in [1.54, 1.807) is 4.90 Å². The summed E-state index contributed by atoms with van der Waals surface area (Å²) < 4.78 is 0. The zero-order valence-electron chi connectivity index (χ0n) is 12.8.